The maximum absolute atomic E-state index is 13.8. The van der Waals surface area contributed by atoms with Crippen molar-refractivity contribution in [2.45, 2.75) is 6.54 Å². The molecule has 0 aliphatic carbocycles. The predicted molar refractivity (Wildman–Crippen MR) is 84.3 cm³/mol. The van der Waals surface area contributed by atoms with Gasteiger partial charge in [0.05, 0.1) is 10.7 Å². The van der Waals surface area contributed by atoms with Crippen LogP contribution in [0, 0.1) is 5.82 Å². The van der Waals surface area contributed by atoms with Crippen LogP contribution in [-0.2, 0) is 6.54 Å². The van der Waals surface area contributed by atoms with Gasteiger partial charge in [-0.3, -0.25) is 0 Å². The van der Waals surface area contributed by atoms with E-state index in [1.165, 1.54) is 6.07 Å². The lowest BCUT2D eigenvalue weighted by Gasteiger charge is -2.13. The summed E-state index contributed by atoms with van der Waals surface area (Å²) in [6, 6.07) is 15.7. The molecule has 0 aliphatic heterocycles. The summed E-state index contributed by atoms with van der Waals surface area (Å²) in [4.78, 5) is 0. The molecule has 2 nitrogen and oxygen atoms in total. The molecule has 0 saturated heterocycles. The Morgan fingerprint density at radius 3 is 2.62 bits per heavy atom. The number of hydrogen-bond acceptors (Lipinski definition) is 2. The van der Waals surface area contributed by atoms with Gasteiger partial charge < -0.3 is 10.4 Å². The normalized spacial score (nSPS) is 10.8. The quantitative estimate of drug-likeness (QED) is 0.717. The van der Waals surface area contributed by atoms with E-state index in [2.05, 4.69) is 5.32 Å². The van der Waals surface area contributed by atoms with Crippen LogP contribution in [0.25, 0.3) is 10.8 Å². The molecule has 3 aromatic rings. The highest BCUT2D eigenvalue weighted by Gasteiger charge is 2.10. The summed E-state index contributed by atoms with van der Waals surface area (Å²) in [7, 11) is 0. The van der Waals surface area contributed by atoms with E-state index in [1.54, 1.807) is 18.2 Å². The molecule has 0 aliphatic rings. The van der Waals surface area contributed by atoms with E-state index in [4.69, 9.17) is 11.6 Å². The molecule has 3 aromatic carbocycles. The summed E-state index contributed by atoms with van der Waals surface area (Å²) < 4.78 is 13.8. The van der Waals surface area contributed by atoms with E-state index in [0.717, 1.165) is 10.8 Å². The Bertz CT molecular complexity index is 784. The maximum atomic E-state index is 13.8. The van der Waals surface area contributed by atoms with Crippen LogP contribution in [0.15, 0.2) is 54.6 Å². The Labute approximate surface area is 126 Å². The summed E-state index contributed by atoms with van der Waals surface area (Å²) >= 11 is 5.99. The minimum absolute atomic E-state index is 0.175. The van der Waals surface area contributed by atoms with Crippen molar-refractivity contribution in [3.8, 4) is 5.75 Å². The standard InChI is InChI=1S/C17H13ClFNO/c18-14-6-3-7-15(19)17(14)20-10-13-12-5-2-1-4-11(12)8-9-16(13)21/h1-9,20-21H,10H2. The first kappa shape index (κ1) is 13.7. The van der Waals surface area contributed by atoms with E-state index in [9.17, 15) is 9.50 Å². The Morgan fingerprint density at radius 2 is 1.81 bits per heavy atom. The van der Waals surface area contributed by atoms with Crippen molar-refractivity contribution in [2.75, 3.05) is 5.32 Å². The first-order valence-electron chi connectivity index (χ1n) is 6.54. The van der Waals surface area contributed by atoms with Gasteiger partial charge in [-0.15, -0.1) is 0 Å². The highest BCUT2D eigenvalue weighted by Crippen LogP contribution is 2.30. The number of para-hydroxylation sites is 1. The number of halogens is 2. The zero-order chi connectivity index (χ0) is 14.8. The Morgan fingerprint density at radius 1 is 1.00 bits per heavy atom. The molecule has 2 N–H and O–H groups in total. The van der Waals surface area contributed by atoms with Crippen LogP contribution in [0.2, 0.25) is 5.02 Å². The fourth-order valence-corrected chi connectivity index (χ4v) is 2.58. The first-order valence-corrected chi connectivity index (χ1v) is 6.92. The van der Waals surface area contributed by atoms with Gasteiger partial charge in [0.2, 0.25) is 0 Å². The van der Waals surface area contributed by atoms with Gasteiger partial charge in [-0.2, -0.15) is 0 Å². The smallest absolute Gasteiger partial charge is 0.147 e. The van der Waals surface area contributed by atoms with E-state index in [0.29, 0.717) is 10.6 Å². The molecule has 3 rings (SSSR count). The average Bonchev–Trinajstić information content (AvgIpc) is 2.48. The van der Waals surface area contributed by atoms with Crippen LogP contribution in [0.4, 0.5) is 10.1 Å². The number of benzene rings is 3. The highest BCUT2D eigenvalue weighted by atomic mass is 35.5. The summed E-state index contributed by atoms with van der Waals surface area (Å²) in [6.45, 7) is 0.286. The van der Waals surface area contributed by atoms with Crippen molar-refractivity contribution < 1.29 is 9.50 Å². The van der Waals surface area contributed by atoms with Crippen LogP contribution in [0.3, 0.4) is 0 Å². The Balaban J connectivity index is 1.97. The molecule has 0 heterocycles. The van der Waals surface area contributed by atoms with Gasteiger partial charge in [0.15, 0.2) is 0 Å². The van der Waals surface area contributed by atoms with Gasteiger partial charge in [0, 0.05) is 12.1 Å². The number of nitrogens with one attached hydrogen (secondary N) is 1. The fraction of sp³-hybridized carbons (Fsp3) is 0.0588. The van der Waals surface area contributed by atoms with Gasteiger partial charge in [-0.1, -0.05) is 48.0 Å². The third-order valence-electron chi connectivity index (χ3n) is 3.42. The molecule has 0 spiro atoms. The van der Waals surface area contributed by atoms with Crippen LogP contribution in [-0.4, -0.2) is 5.11 Å². The van der Waals surface area contributed by atoms with Crippen molar-refractivity contribution in [3.63, 3.8) is 0 Å². The summed E-state index contributed by atoms with van der Waals surface area (Å²) in [5, 5.41) is 15.3. The number of phenolic OH excluding ortho intramolecular Hbond substituents is 1. The lowest BCUT2D eigenvalue weighted by atomic mass is 10.0. The van der Waals surface area contributed by atoms with Crippen molar-refractivity contribution in [2.24, 2.45) is 0 Å². The molecule has 0 aromatic heterocycles. The second kappa shape index (κ2) is 5.62. The minimum atomic E-state index is -0.415. The van der Waals surface area contributed by atoms with Crippen molar-refractivity contribution >= 4 is 28.1 Å². The van der Waals surface area contributed by atoms with Gasteiger partial charge in [0.25, 0.3) is 0 Å². The molecule has 0 unspecified atom stereocenters. The van der Waals surface area contributed by atoms with Crippen molar-refractivity contribution in [1.82, 2.24) is 0 Å². The third kappa shape index (κ3) is 2.65. The van der Waals surface area contributed by atoms with Crippen LogP contribution in [0.1, 0.15) is 5.56 Å². The second-order valence-corrected chi connectivity index (χ2v) is 5.14. The molecule has 21 heavy (non-hydrogen) atoms. The number of rotatable bonds is 3. The largest absolute Gasteiger partial charge is 0.508 e. The second-order valence-electron chi connectivity index (χ2n) is 4.73. The molecule has 4 heteroatoms. The number of hydrogen-bond donors (Lipinski definition) is 2. The molecule has 0 fully saturated rings. The fourth-order valence-electron chi connectivity index (χ4n) is 2.35. The van der Waals surface area contributed by atoms with Crippen LogP contribution < -0.4 is 5.32 Å². The Hall–Kier alpha value is -2.26. The SMILES string of the molecule is Oc1ccc2ccccc2c1CNc1c(F)cccc1Cl. The molecule has 0 saturated carbocycles. The van der Waals surface area contributed by atoms with E-state index >= 15 is 0 Å². The zero-order valence-corrected chi connectivity index (χ0v) is 11.9. The van der Waals surface area contributed by atoms with Gasteiger partial charge in [-0.25, -0.2) is 4.39 Å². The van der Waals surface area contributed by atoms with E-state index in [1.807, 2.05) is 30.3 Å². The Kier molecular flexibility index (Phi) is 3.67. The van der Waals surface area contributed by atoms with Crippen molar-refractivity contribution in [1.29, 1.82) is 0 Å². The lowest BCUT2D eigenvalue weighted by Crippen LogP contribution is -2.03. The number of fused-ring (bicyclic) bond motifs is 1. The molecule has 106 valence electrons. The lowest BCUT2D eigenvalue weighted by molar-refractivity contribution is 0.470. The molecular formula is C17H13ClFNO. The van der Waals surface area contributed by atoms with Crippen molar-refractivity contribution in [3.05, 3.63) is 71.0 Å². The number of aromatic hydroxyl groups is 1. The summed E-state index contributed by atoms with van der Waals surface area (Å²) in [6.07, 6.45) is 0. The minimum Gasteiger partial charge on any atom is -0.508 e. The number of anilines is 1. The first-order chi connectivity index (χ1) is 10.2. The van der Waals surface area contributed by atoms with Crippen LogP contribution in [0.5, 0.6) is 5.75 Å². The van der Waals surface area contributed by atoms with E-state index < -0.39 is 5.82 Å². The highest BCUT2D eigenvalue weighted by molar-refractivity contribution is 6.33. The monoisotopic (exact) mass is 301 g/mol. The third-order valence-corrected chi connectivity index (χ3v) is 3.74. The molecule has 0 atom stereocenters. The number of phenols is 1. The predicted octanol–water partition coefficient (Wildman–Crippen LogP) is 4.95. The molecule has 0 bridgehead atoms. The van der Waals surface area contributed by atoms with Gasteiger partial charge in [-0.05, 0) is 29.0 Å². The molecular weight excluding hydrogens is 289 g/mol. The van der Waals surface area contributed by atoms with E-state index in [-0.39, 0.29) is 18.0 Å². The van der Waals surface area contributed by atoms with Gasteiger partial charge >= 0.3 is 0 Å². The van der Waals surface area contributed by atoms with Crippen LogP contribution >= 0.6 is 11.6 Å². The maximum Gasteiger partial charge on any atom is 0.147 e. The molecule has 0 radical (unpaired) electrons. The molecule has 0 amide bonds. The summed E-state index contributed by atoms with van der Waals surface area (Å²) in [5.74, 6) is -0.240. The van der Waals surface area contributed by atoms with Gasteiger partial charge in [0.1, 0.15) is 11.6 Å². The average molecular weight is 302 g/mol. The summed E-state index contributed by atoms with van der Waals surface area (Å²) in [5.41, 5.74) is 0.957. The zero-order valence-electron chi connectivity index (χ0n) is 11.1. The topological polar surface area (TPSA) is 32.3 Å².